The van der Waals surface area contributed by atoms with Crippen LogP contribution in [0.2, 0.25) is 0 Å². The molecule has 0 aliphatic carbocycles. The molecule has 24 heavy (non-hydrogen) atoms. The fraction of sp³-hybridized carbons (Fsp3) is 0.471. The Balaban J connectivity index is 1.96. The highest BCUT2D eigenvalue weighted by molar-refractivity contribution is 8.00. The first-order valence-electron chi connectivity index (χ1n) is 8.00. The zero-order valence-corrected chi connectivity index (χ0v) is 15.2. The van der Waals surface area contributed by atoms with Crippen molar-refractivity contribution >= 4 is 17.7 Å². The SMILES string of the molecule is CCOc1ccc(-c2nnc(S[C@@H](C)C(=O)NCC(C)C)o2)cc1. The highest BCUT2D eigenvalue weighted by Crippen LogP contribution is 2.27. The van der Waals surface area contributed by atoms with E-state index < -0.39 is 0 Å². The zero-order chi connectivity index (χ0) is 17.5. The fourth-order valence-electron chi connectivity index (χ4n) is 1.89. The predicted molar refractivity (Wildman–Crippen MR) is 94.1 cm³/mol. The van der Waals surface area contributed by atoms with Crippen LogP contribution in [0.15, 0.2) is 33.9 Å². The average Bonchev–Trinajstić information content (AvgIpc) is 3.02. The van der Waals surface area contributed by atoms with E-state index in [1.165, 1.54) is 11.8 Å². The van der Waals surface area contributed by atoms with Gasteiger partial charge in [0.15, 0.2) is 0 Å². The molecule has 1 amide bonds. The third kappa shape index (κ3) is 5.26. The van der Waals surface area contributed by atoms with Crippen LogP contribution in [0.25, 0.3) is 11.5 Å². The molecule has 2 rings (SSSR count). The third-order valence-electron chi connectivity index (χ3n) is 3.15. The van der Waals surface area contributed by atoms with Crippen molar-refractivity contribution in [3.05, 3.63) is 24.3 Å². The largest absolute Gasteiger partial charge is 0.494 e. The number of hydrogen-bond donors (Lipinski definition) is 1. The van der Waals surface area contributed by atoms with Gasteiger partial charge in [0.2, 0.25) is 11.8 Å². The lowest BCUT2D eigenvalue weighted by atomic mass is 10.2. The van der Waals surface area contributed by atoms with E-state index in [1.54, 1.807) is 0 Å². The first-order chi connectivity index (χ1) is 11.5. The fourth-order valence-corrected chi connectivity index (χ4v) is 2.60. The molecule has 130 valence electrons. The maximum Gasteiger partial charge on any atom is 0.277 e. The molecule has 1 aromatic carbocycles. The van der Waals surface area contributed by atoms with Crippen LogP contribution in [0.3, 0.4) is 0 Å². The van der Waals surface area contributed by atoms with E-state index in [1.807, 2.05) is 38.1 Å². The summed E-state index contributed by atoms with van der Waals surface area (Å²) in [5, 5.41) is 11.0. The summed E-state index contributed by atoms with van der Waals surface area (Å²) in [7, 11) is 0. The lowest BCUT2D eigenvalue weighted by Gasteiger charge is -2.11. The lowest BCUT2D eigenvalue weighted by molar-refractivity contribution is -0.120. The molecule has 0 saturated heterocycles. The Morgan fingerprint density at radius 3 is 2.58 bits per heavy atom. The molecule has 1 atom stereocenters. The number of carbonyl (C=O) groups is 1. The molecule has 1 N–H and O–H groups in total. The van der Waals surface area contributed by atoms with Crippen LogP contribution < -0.4 is 10.1 Å². The van der Waals surface area contributed by atoms with Gasteiger partial charge in [-0.15, -0.1) is 10.2 Å². The van der Waals surface area contributed by atoms with Crippen LogP contribution >= 0.6 is 11.8 Å². The standard InChI is InChI=1S/C17H23N3O3S/c1-5-22-14-8-6-13(7-9-14)16-19-20-17(23-16)24-12(4)15(21)18-10-11(2)3/h6-9,11-12H,5,10H2,1-4H3,(H,18,21)/t12-/m0/s1. The summed E-state index contributed by atoms with van der Waals surface area (Å²) in [6.07, 6.45) is 0. The monoisotopic (exact) mass is 349 g/mol. The van der Waals surface area contributed by atoms with Gasteiger partial charge in [-0.05, 0) is 44.0 Å². The highest BCUT2D eigenvalue weighted by atomic mass is 32.2. The van der Waals surface area contributed by atoms with Gasteiger partial charge < -0.3 is 14.5 Å². The number of rotatable bonds is 8. The summed E-state index contributed by atoms with van der Waals surface area (Å²) in [6.45, 7) is 9.15. The number of amides is 1. The van der Waals surface area contributed by atoms with Crippen molar-refractivity contribution in [2.45, 2.75) is 38.2 Å². The van der Waals surface area contributed by atoms with Crippen molar-refractivity contribution in [2.75, 3.05) is 13.2 Å². The molecule has 6 nitrogen and oxygen atoms in total. The Morgan fingerprint density at radius 1 is 1.25 bits per heavy atom. The maximum atomic E-state index is 12.0. The molecule has 7 heteroatoms. The topological polar surface area (TPSA) is 77.2 Å². The van der Waals surface area contributed by atoms with E-state index >= 15 is 0 Å². The number of carbonyl (C=O) groups excluding carboxylic acids is 1. The number of ether oxygens (including phenoxy) is 1. The molecule has 0 unspecified atom stereocenters. The zero-order valence-electron chi connectivity index (χ0n) is 14.4. The minimum Gasteiger partial charge on any atom is -0.494 e. The second kappa shape index (κ2) is 8.73. The van der Waals surface area contributed by atoms with E-state index in [0.29, 0.717) is 30.2 Å². The molecule has 0 radical (unpaired) electrons. The summed E-state index contributed by atoms with van der Waals surface area (Å²) in [5.41, 5.74) is 0.815. The molecule has 0 bridgehead atoms. The molecular weight excluding hydrogens is 326 g/mol. The number of nitrogens with zero attached hydrogens (tertiary/aromatic N) is 2. The molecular formula is C17H23N3O3S. The minimum absolute atomic E-state index is 0.0329. The van der Waals surface area contributed by atoms with Gasteiger partial charge in [0, 0.05) is 12.1 Å². The van der Waals surface area contributed by atoms with Crippen LogP contribution in [0, 0.1) is 5.92 Å². The molecule has 0 spiro atoms. The highest BCUT2D eigenvalue weighted by Gasteiger charge is 2.18. The van der Waals surface area contributed by atoms with Crippen molar-refractivity contribution < 1.29 is 13.9 Å². The number of nitrogens with one attached hydrogen (secondary N) is 1. The quantitative estimate of drug-likeness (QED) is 0.736. The van der Waals surface area contributed by atoms with Gasteiger partial charge in [0.05, 0.1) is 11.9 Å². The van der Waals surface area contributed by atoms with Gasteiger partial charge in [-0.25, -0.2) is 0 Å². The van der Waals surface area contributed by atoms with Crippen molar-refractivity contribution in [3.8, 4) is 17.2 Å². The first kappa shape index (κ1) is 18.3. The molecule has 0 aliphatic rings. The predicted octanol–water partition coefficient (Wildman–Crippen LogP) is 3.39. The normalized spacial score (nSPS) is 12.2. The molecule has 2 aromatic rings. The van der Waals surface area contributed by atoms with Gasteiger partial charge in [0.1, 0.15) is 5.75 Å². The van der Waals surface area contributed by atoms with Gasteiger partial charge in [-0.3, -0.25) is 4.79 Å². The Hall–Kier alpha value is -2.02. The number of thioether (sulfide) groups is 1. The Kier molecular flexibility index (Phi) is 6.66. The van der Waals surface area contributed by atoms with Gasteiger partial charge in [-0.2, -0.15) is 0 Å². The summed E-state index contributed by atoms with van der Waals surface area (Å²) in [4.78, 5) is 12.0. The molecule has 0 saturated carbocycles. The Bertz CT molecular complexity index is 655. The van der Waals surface area contributed by atoms with Crippen molar-refractivity contribution in [3.63, 3.8) is 0 Å². The number of benzene rings is 1. The molecule has 0 fully saturated rings. The molecule has 1 heterocycles. The summed E-state index contributed by atoms with van der Waals surface area (Å²) in [6, 6.07) is 7.45. The summed E-state index contributed by atoms with van der Waals surface area (Å²) >= 11 is 1.25. The summed E-state index contributed by atoms with van der Waals surface area (Å²) < 4.78 is 11.0. The smallest absolute Gasteiger partial charge is 0.277 e. The first-order valence-corrected chi connectivity index (χ1v) is 8.88. The van der Waals surface area contributed by atoms with Crippen LogP contribution in [0.1, 0.15) is 27.7 Å². The second-order valence-electron chi connectivity index (χ2n) is 5.73. The van der Waals surface area contributed by atoms with Gasteiger partial charge in [-0.1, -0.05) is 25.6 Å². The van der Waals surface area contributed by atoms with Crippen molar-refractivity contribution in [1.82, 2.24) is 15.5 Å². The molecule has 1 aromatic heterocycles. The van der Waals surface area contributed by atoms with Crippen LogP contribution in [-0.2, 0) is 4.79 Å². The Morgan fingerprint density at radius 2 is 1.96 bits per heavy atom. The van der Waals surface area contributed by atoms with Gasteiger partial charge >= 0.3 is 0 Å². The van der Waals surface area contributed by atoms with E-state index in [2.05, 4.69) is 29.4 Å². The van der Waals surface area contributed by atoms with Crippen LogP contribution in [0.5, 0.6) is 5.75 Å². The number of hydrogen-bond acceptors (Lipinski definition) is 6. The number of aromatic nitrogens is 2. The molecule has 0 aliphatic heterocycles. The van der Waals surface area contributed by atoms with E-state index in [4.69, 9.17) is 9.15 Å². The van der Waals surface area contributed by atoms with Gasteiger partial charge in [0.25, 0.3) is 5.22 Å². The summed E-state index contributed by atoms with van der Waals surface area (Å²) in [5.74, 6) is 1.61. The van der Waals surface area contributed by atoms with Crippen molar-refractivity contribution in [2.24, 2.45) is 5.92 Å². The van der Waals surface area contributed by atoms with Crippen LogP contribution in [0.4, 0.5) is 0 Å². The Labute approximate surface area is 146 Å². The second-order valence-corrected chi connectivity index (χ2v) is 7.02. The lowest BCUT2D eigenvalue weighted by Crippen LogP contribution is -2.33. The van der Waals surface area contributed by atoms with Crippen LogP contribution in [-0.4, -0.2) is 34.5 Å². The van der Waals surface area contributed by atoms with E-state index in [0.717, 1.165) is 11.3 Å². The van der Waals surface area contributed by atoms with Crippen molar-refractivity contribution in [1.29, 1.82) is 0 Å². The van der Waals surface area contributed by atoms with E-state index in [-0.39, 0.29) is 11.2 Å². The maximum absolute atomic E-state index is 12.0. The third-order valence-corrected chi connectivity index (χ3v) is 4.08. The average molecular weight is 349 g/mol. The van der Waals surface area contributed by atoms with E-state index in [9.17, 15) is 4.79 Å². The minimum atomic E-state index is -0.294.